The van der Waals surface area contributed by atoms with Gasteiger partial charge in [0, 0.05) is 43.1 Å². The van der Waals surface area contributed by atoms with Gasteiger partial charge in [-0.15, -0.1) is 0 Å². The fraction of sp³-hybridized carbons (Fsp3) is 0.0118. The van der Waals surface area contributed by atoms with E-state index in [4.69, 9.17) is 8.83 Å². The van der Waals surface area contributed by atoms with Crippen molar-refractivity contribution >= 4 is 76.9 Å². The second-order valence-electron chi connectivity index (χ2n) is 22.1. The highest BCUT2D eigenvalue weighted by Gasteiger charge is 2.16. The van der Waals surface area contributed by atoms with Crippen molar-refractivity contribution in [3.8, 4) is 66.8 Å². The maximum Gasteiger partial charge on any atom is 0.135 e. The van der Waals surface area contributed by atoms with Crippen molar-refractivity contribution in [3.63, 3.8) is 0 Å². The standard InChI is InChI=1S/C42H29NO.C25H20.C18H11BrO/c1-3-10-30(11-4-1)32-18-23-36(24-19-32)43(37-25-20-33(21-26-37)31-12-5-2-6-13-31)38-15-9-14-34(28-38)35-22-27-42-40(29-35)39-16-7-8-17-41(39)44-42;1-3-7-22(8-4-1)24-15-11-20(12-16-24)19-21-13-17-25(18-14-21)23-9-5-2-6-10-23;19-14-5-3-4-12(10-14)13-8-9-18-16(11-13)15-6-1-2-7-17(15)20-18/h1-29H;1-18H,19H2;1-11H. The number of hydrogen-bond acceptors (Lipinski definition) is 3. The lowest BCUT2D eigenvalue weighted by atomic mass is 9.98. The molecule has 89 heavy (non-hydrogen) atoms. The molecular weight excluding hydrogens is 1150 g/mol. The summed E-state index contributed by atoms with van der Waals surface area (Å²) in [4.78, 5) is 2.33. The van der Waals surface area contributed by atoms with Crippen molar-refractivity contribution in [2.45, 2.75) is 6.42 Å². The summed E-state index contributed by atoms with van der Waals surface area (Å²) in [5.74, 6) is 0. The minimum atomic E-state index is 0.907. The minimum Gasteiger partial charge on any atom is -0.456 e. The van der Waals surface area contributed by atoms with Gasteiger partial charge in [-0.3, -0.25) is 0 Å². The van der Waals surface area contributed by atoms with Crippen LogP contribution in [0.5, 0.6) is 0 Å². The maximum atomic E-state index is 6.10. The van der Waals surface area contributed by atoms with Gasteiger partial charge in [0.15, 0.2) is 0 Å². The summed E-state index contributed by atoms with van der Waals surface area (Å²) in [6.45, 7) is 0. The van der Waals surface area contributed by atoms with Crippen molar-refractivity contribution < 1.29 is 8.83 Å². The van der Waals surface area contributed by atoms with Crippen LogP contribution in [-0.2, 0) is 6.42 Å². The van der Waals surface area contributed by atoms with E-state index in [1.807, 2.05) is 42.5 Å². The third-order valence-electron chi connectivity index (χ3n) is 16.3. The molecule has 0 saturated heterocycles. The lowest BCUT2D eigenvalue weighted by molar-refractivity contribution is 0.668. The summed E-state index contributed by atoms with van der Waals surface area (Å²) in [6.07, 6.45) is 0.962. The average molecular weight is 1210 g/mol. The molecule has 0 aliphatic rings. The first kappa shape index (κ1) is 55.8. The van der Waals surface area contributed by atoms with Crippen LogP contribution in [0.25, 0.3) is 111 Å². The monoisotopic (exact) mass is 1210 g/mol. The molecule has 0 amide bonds. The lowest BCUT2D eigenvalue weighted by Gasteiger charge is -2.26. The molecule has 0 saturated carbocycles. The van der Waals surface area contributed by atoms with E-state index in [9.17, 15) is 0 Å². The predicted molar refractivity (Wildman–Crippen MR) is 378 cm³/mol. The van der Waals surface area contributed by atoms with Crippen molar-refractivity contribution in [2.24, 2.45) is 0 Å². The fourth-order valence-corrected chi connectivity index (χ4v) is 12.1. The van der Waals surface area contributed by atoms with Crippen LogP contribution in [-0.4, -0.2) is 0 Å². The molecule has 0 spiro atoms. The SMILES string of the molecule is Brc1cccc(-c2ccc3oc4ccccc4c3c2)c1.c1ccc(-c2ccc(Cc3ccc(-c4ccccc4)cc3)cc2)cc1.c1ccc(-c2ccc(N(c3ccc(-c4ccccc4)cc3)c3cccc(-c4ccc5oc6ccccc6c5c4)c3)cc2)cc1. The molecular formula is C85H60BrNO2. The number of fused-ring (bicyclic) bond motifs is 6. The molecule has 3 nitrogen and oxygen atoms in total. The van der Waals surface area contributed by atoms with E-state index in [2.05, 4.69) is 330 Å². The van der Waals surface area contributed by atoms with Crippen LogP contribution in [0, 0.1) is 0 Å². The Balaban J connectivity index is 0.000000129. The highest BCUT2D eigenvalue weighted by Crippen LogP contribution is 2.40. The highest BCUT2D eigenvalue weighted by molar-refractivity contribution is 9.10. The Kier molecular flexibility index (Phi) is 16.2. The van der Waals surface area contributed by atoms with Crippen LogP contribution >= 0.6 is 15.9 Å². The van der Waals surface area contributed by atoms with Gasteiger partial charge < -0.3 is 13.7 Å². The number of anilines is 3. The Morgan fingerprint density at radius 3 is 0.921 bits per heavy atom. The molecule has 0 aliphatic carbocycles. The van der Waals surface area contributed by atoms with Gasteiger partial charge in [-0.1, -0.05) is 283 Å². The van der Waals surface area contributed by atoms with Crippen LogP contribution in [0.1, 0.15) is 11.1 Å². The Morgan fingerprint density at radius 2 is 0.517 bits per heavy atom. The number of hydrogen-bond donors (Lipinski definition) is 0. The molecule has 0 atom stereocenters. The molecule has 2 heterocycles. The summed E-state index contributed by atoms with van der Waals surface area (Å²) in [7, 11) is 0. The summed E-state index contributed by atoms with van der Waals surface area (Å²) in [5, 5.41) is 4.60. The minimum absolute atomic E-state index is 0.907. The molecule has 424 valence electrons. The van der Waals surface area contributed by atoms with E-state index < -0.39 is 0 Å². The van der Waals surface area contributed by atoms with E-state index in [1.54, 1.807) is 0 Å². The zero-order valence-electron chi connectivity index (χ0n) is 48.8. The Morgan fingerprint density at radius 1 is 0.213 bits per heavy atom. The van der Waals surface area contributed by atoms with Crippen molar-refractivity contribution in [1.82, 2.24) is 0 Å². The second kappa shape index (κ2) is 25.9. The Labute approximate surface area is 527 Å². The van der Waals surface area contributed by atoms with Gasteiger partial charge in [0.1, 0.15) is 22.3 Å². The third kappa shape index (κ3) is 12.6. The predicted octanol–water partition coefficient (Wildman–Crippen LogP) is 24.7. The molecule has 14 aromatic carbocycles. The summed E-state index contributed by atoms with van der Waals surface area (Å²) in [5.41, 5.74) is 24.3. The zero-order chi connectivity index (χ0) is 59.7. The second-order valence-corrected chi connectivity index (χ2v) is 23.1. The van der Waals surface area contributed by atoms with Crippen LogP contribution < -0.4 is 4.90 Å². The number of para-hydroxylation sites is 2. The summed E-state index contributed by atoms with van der Waals surface area (Å²) < 4.78 is 13.0. The van der Waals surface area contributed by atoms with Gasteiger partial charge >= 0.3 is 0 Å². The lowest BCUT2D eigenvalue weighted by Crippen LogP contribution is -2.10. The van der Waals surface area contributed by atoms with Crippen molar-refractivity contribution in [2.75, 3.05) is 4.90 Å². The molecule has 4 heteroatoms. The van der Waals surface area contributed by atoms with Gasteiger partial charge in [-0.05, 0) is 169 Å². The van der Waals surface area contributed by atoms with Crippen LogP contribution in [0.2, 0.25) is 0 Å². The first-order valence-corrected chi connectivity index (χ1v) is 30.9. The van der Waals surface area contributed by atoms with E-state index in [-0.39, 0.29) is 0 Å². The molecule has 0 bridgehead atoms. The average Bonchev–Trinajstić information content (AvgIpc) is 2.92. The number of benzene rings is 14. The first-order chi connectivity index (χ1) is 44.0. The maximum absolute atomic E-state index is 6.10. The van der Waals surface area contributed by atoms with Gasteiger partial charge in [0.2, 0.25) is 0 Å². The van der Waals surface area contributed by atoms with E-state index in [0.29, 0.717) is 0 Å². The van der Waals surface area contributed by atoms with Gasteiger partial charge in [-0.25, -0.2) is 0 Å². The van der Waals surface area contributed by atoms with Gasteiger partial charge in [0.25, 0.3) is 0 Å². The highest BCUT2D eigenvalue weighted by atomic mass is 79.9. The van der Waals surface area contributed by atoms with Crippen LogP contribution in [0.15, 0.2) is 365 Å². The van der Waals surface area contributed by atoms with Crippen LogP contribution in [0.4, 0.5) is 17.1 Å². The van der Waals surface area contributed by atoms with Crippen molar-refractivity contribution in [3.05, 3.63) is 367 Å². The van der Waals surface area contributed by atoms with Crippen molar-refractivity contribution in [1.29, 1.82) is 0 Å². The Hall–Kier alpha value is -11.0. The summed E-state index contributed by atoms with van der Waals surface area (Å²) in [6, 6.07) is 124. The van der Waals surface area contributed by atoms with E-state index >= 15 is 0 Å². The van der Waals surface area contributed by atoms with Gasteiger partial charge in [-0.2, -0.15) is 0 Å². The molecule has 0 N–H and O–H groups in total. The quantitative estimate of drug-likeness (QED) is 0.129. The normalized spacial score (nSPS) is 11.0. The number of nitrogens with zero attached hydrogens (tertiary/aromatic N) is 1. The smallest absolute Gasteiger partial charge is 0.135 e. The molecule has 16 rings (SSSR count). The van der Waals surface area contributed by atoms with Gasteiger partial charge in [0.05, 0.1) is 0 Å². The fourth-order valence-electron chi connectivity index (χ4n) is 11.7. The molecule has 0 aliphatic heterocycles. The zero-order valence-corrected chi connectivity index (χ0v) is 50.4. The summed E-state index contributed by atoms with van der Waals surface area (Å²) >= 11 is 3.52. The van der Waals surface area contributed by atoms with E-state index in [1.165, 1.54) is 72.1 Å². The largest absolute Gasteiger partial charge is 0.456 e. The molecule has 0 unspecified atom stereocenters. The molecule has 2 aromatic heterocycles. The molecule has 0 fully saturated rings. The molecule has 16 aromatic rings. The molecule has 0 radical (unpaired) electrons. The Bertz CT molecular complexity index is 4840. The van der Waals surface area contributed by atoms with Crippen LogP contribution in [0.3, 0.4) is 0 Å². The third-order valence-corrected chi connectivity index (χ3v) is 16.8. The number of furan rings is 2. The number of rotatable bonds is 11. The number of halogens is 1. The topological polar surface area (TPSA) is 29.5 Å². The van der Waals surface area contributed by atoms with E-state index in [0.717, 1.165) is 77.6 Å². The first-order valence-electron chi connectivity index (χ1n) is 30.1.